The van der Waals surface area contributed by atoms with Gasteiger partial charge in [0.15, 0.2) is 0 Å². The summed E-state index contributed by atoms with van der Waals surface area (Å²) in [4.78, 5) is 58.2. The van der Waals surface area contributed by atoms with Gasteiger partial charge in [0.1, 0.15) is 18.1 Å². The first kappa shape index (κ1) is 25.3. The average Bonchev–Trinajstić information content (AvgIpc) is 2.61. The summed E-state index contributed by atoms with van der Waals surface area (Å²) < 4.78 is 0. The van der Waals surface area contributed by atoms with Gasteiger partial charge in [-0.25, -0.2) is 4.79 Å². The van der Waals surface area contributed by atoms with Crippen LogP contribution in [0.5, 0.6) is 0 Å². The highest BCUT2D eigenvalue weighted by Gasteiger charge is 2.29. The van der Waals surface area contributed by atoms with Gasteiger partial charge in [0.25, 0.3) is 0 Å². The lowest BCUT2D eigenvalue weighted by Gasteiger charge is -2.23. The van der Waals surface area contributed by atoms with Crippen molar-refractivity contribution in [1.82, 2.24) is 16.0 Å². The van der Waals surface area contributed by atoms with E-state index in [1.807, 2.05) is 0 Å². The third-order valence-corrected chi connectivity index (χ3v) is 3.65. The Kier molecular flexibility index (Phi) is 11.4. The summed E-state index contributed by atoms with van der Waals surface area (Å²) in [7, 11) is 0. The molecule has 0 spiro atoms. The van der Waals surface area contributed by atoms with Gasteiger partial charge in [-0.15, -0.1) is 0 Å². The summed E-state index contributed by atoms with van der Waals surface area (Å²) >= 11 is 0. The second-order valence-electron chi connectivity index (χ2n) is 6.60. The fraction of sp³-hybridized carbons (Fsp3) is 0.688. The first-order valence-corrected chi connectivity index (χ1v) is 8.73. The molecule has 0 saturated carbocycles. The number of aliphatic hydroxyl groups excluding tert-OH is 1. The van der Waals surface area contributed by atoms with E-state index in [-0.39, 0.29) is 25.2 Å². The number of amides is 4. The molecule has 0 aliphatic rings. The number of aliphatic carboxylic acids is 1. The number of carboxylic acid groups (broad SMARTS) is 1. The maximum absolute atomic E-state index is 12.4. The van der Waals surface area contributed by atoms with Gasteiger partial charge in [0.05, 0.1) is 13.2 Å². The Morgan fingerprint density at radius 2 is 1.46 bits per heavy atom. The maximum atomic E-state index is 12.4. The fourth-order valence-corrected chi connectivity index (χ4v) is 2.24. The summed E-state index contributed by atoms with van der Waals surface area (Å²) in [6.45, 7) is 2.34. The van der Waals surface area contributed by atoms with Crippen LogP contribution in [0.1, 0.15) is 33.1 Å². The van der Waals surface area contributed by atoms with Gasteiger partial charge in [-0.2, -0.15) is 0 Å². The number of carbonyl (C=O) groups is 5. The molecule has 0 saturated heterocycles. The van der Waals surface area contributed by atoms with Crippen LogP contribution in [-0.4, -0.2) is 71.1 Å². The Hall–Kier alpha value is -2.73. The molecule has 28 heavy (non-hydrogen) atoms. The molecule has 12 heteroatoms. The Bertz CT molecular complexity index is 582. The van der Waals surface area contributed by atoms with Gasteiger partial charge in [0.2, 0.25) is 23.6 Å². The van der Waals surface area contributed by atoms with Crippen LogP contribution < -0.4 is 27.4 Å². The zero-order valence-corrected chi connectivity index (χ0v) is 15.9. The van der Waals surface area contributed by atoms with Crippen molar-refractivity contribution in [3.63, 3.8) is 0 Å². The van der Waals surface area contributed by atoms with Crippen molar-refractivity contribution in [1.29, 1.82) is 0 Å². The molecule has 0 aromatic rings. The van der Waals surface area contributed by atoms with Gasteiger partial charge in [-0.3, -0.25) is 19.2 Å². The minimum Gasteiger partial charge on any atom is -0.480 e. The summed E-state index contributed by atoms with van der Waals surface area (Å²) in [5, 5.41) is 25.3. The largest absolute Gasteiger partial charge is 0.480 e. The topological polar surface area (TPSA) is 214 Å². The van der Waals surface area contributed by atoms with E-state index >= 15 is 0 Å². The Morgan fingerprint density at radius 1 is 0.929 bits per heavy atom. The quantitative estimate of drug-likeness (QED) is 0.166. The molecule has 160 valence electrons. The molecule has 3 atom stereocenters. The molecule has 12 nitrogen and oxygen atoms in total. The van der Waals surface area contributed by atoms with Crippen molar-refractivity contribution < 1.29 is 34.2 Å². The number of carbonyl (C=O) groups excluding carboxylic acids is 4. The van der Waals surface area contributed by atoms with Crippen LogP contribution in [-0.2, 0) is 24.0 Å². The van der Waals surface area contributed by atoms with Gasteiger partial charge in [-0.1, -0.05) is 13.8 Å². The molecule has 3 unspecified atom stereocenters. The summed E-state index contributed by atoms with van der Waals surface area (Å²) in [6, 6.07) is -3.86. The predicted octanol–water partition coefficient (Wildman–Crippen LogP) is -3.21. The number of aliphatic hydroxyl groups is 1. The molecule has 0 bridgehead atoms. The van der Waals surface area contributed by atoms with Gasteiger partial charge in [-0.05, 0) is 18.8 Å². The molecule has 0 fully saturated rings. The minimum absolute atomic E-state index is 0.0202. The highest BCUT2D eigenvalue weighted by molar-refractivity contribution is 5.93. The number of hydrogen-bond acceptors (Lipinski definition) is 7. The molecular weight excluding hydrogens is 374 g/mol. The molecule has 0 aliphatic carbocycles. The first-order chi connectivity index (χ1) is 13.0. The van der Waals surface area contributed by atoms with Crippen molar-refractivity contribution in [3.05, 3.63) is 0 Å². The molecule has 0 aliphatic heterocycles. The molecule has 0 radical (unpaired) electrons. The van der Waals surface area contributed by atoms with E-state index in [9.17, 15) is 34.2 Å². The highest BCUT2D eigenvalue weighted by atomic mass is 16.4. The third kappa shape index (κ3) is 9.83. The van der Waals surface area contributed by atoms with Crippen LogP contribution in [0.3, 0.4) is 0 Å². The van der Waals surface area contributed by atoms with Crippen LogP contribution in [0.25, 0.3) is 0 Å². The lowest BCUT2D eigenvalue weighted by atomic mass is 10.0. The van der Waals surface area contributed by atoms with Crippen LogP contribution in [0.2, 0.25) is 0 Å². The molecule has 0 rings (SSSR count). The second-order valence-corrected chi connectivity index (χ2v) is 6.60. The third-order valence-electron chi connectivity index (χ3n) is 3.65. The molecule has 9 N–H and O–H groups in total. The Balaban J connectivity index is 5.10. The summed E-state index contributed by atoms with van der Waals surface area (Å²) in [5.74, 6) is -4.39. The number of primary amides is 1. The first-order valence-electron chi connectivity index (χ1n) is 8.73. The van der Waals surface area contributed by atoms with Crippen molar-refractivity contribution in [2.24, 2.45) is 17.4 Å². The van der Waals surface area contributed by atoms with Crippen LogP contribution >= 0.6 is 0 Å². The predicted molar refractivity (Wildman–Crippen MR) is 97.5 cm³/mol. The smallest absolute Gasteiger partial charge is 0.326 e. The van der Waals surface area contributed by atoms with E-state index in [1.54, 1.807) is 13.8 Å². The van der Waals surface area contributed by atoms with Gasteiger partial charge >= 0.3 is 5.97 Å². The normalized spacial score (nSPS) is 13.9. The maximum Gasteiger partial charge on any atom is 0.326 e. The van der Waals surface area contributed by atoms with E-state index in [0.29, 0.717) is 0 Å². The van der Waals surface area contributed by atoms with E-state index < -0.39 is 60.9 Å². The van der Waals surface area contributed by atoms with Crippen LogP contribution in [0.4, 0.5) is 0 Å². The van der Waals surface area contributed by atoms with Crippen LogP contribution in [0, 0.1) is 5.92 Å². The number of nitrogens with two attached hydrogens (primary N) is 2. The molecule has 0 aromatic carbocycles. The van der Waals surface area contributed by atoms with E-state index in [1.165, 1.54) is 0 Å². The molecular formula is C16H29N5O7. The number of rotatable bonds is 13. The van der Waals surface area contributed by atoms with Gasteiger partial charge < -0.3 is 37.6 Å². The molecule has 0 heterocycles. The Labute approximate surface area is 162 Å². The van der Waals surface area contributed by atoms with E-state index in [2.05, 4.69) is 16.0 Å². The number of carboxylic acids is 1. The van der Waals surface area contributed by atoms with Crippen LogP contribution in [0.15, 0.2) is 0 Å². The summed E-state index contributed by atoms with van der Waals surface area (Å²) in [6.07, 6.45) is -0.201. The fourth-order valence-electron chi connectivity index (χ4n) is 2.24. The monoisotopic (exact) mass is 403 g/mol. The van der Waals surface area contributed by atoms with E-state index in [0.717, 1.165) is 0 Å². The summed E-state index contributed by atoms with van der Waals surface area (Å²) in [5.41, 5.74) is 10.2. The number of nitrogens with one attached hydrogen (secondary N) is 3. The van der Waals surface area contributed by atoms with Gasteiger partial charge in [0, 0.05) is 6.42 Å². The minimum atomic E-state index is -1.45. The second kappa shape index (κ2) is 12.6. The van der Waals surface area contributed by atoms with E-state index in [4.69, 9.17) is 11.5 Å². The number of hydrogen-bond donors (Lipinski definition) is 7. The zero-order chi connectivity index (χ0) is 21.9. The highest BCUT2D eigenvalue weighted by Crippen LogP contribution is 2.05. The van der Waals surface area contributed by atoms with Crippen molar-refractivity contribution in [2.45, 2.75) is 51.2 Å². The molecule has 4 amide bonds. The SMILES string of the molecule is CC(C)CC(NC(=O)C(CO)NC(=O)C(CCC(N)=O)NC(=O)CN)C(=O)O. The lowest BCUT2D eigenvalue weighted by molar-refractivity contribution is -0.143. The van der Waals surface area contributed by atoms with Crippen molar-refractivity contribution in [2.75, 3.05) is 13.2 Å². The lowest BCUT2D eigenvalue weighted by Crippen LogP contribution is -2.57. The molecule has 0 aromatic heterocycles. The Morgan fingerprint density at radius 3 is 1.89 bits per heavy atom. The average molecular weight is 403 g/mol. The van der Waals surface area contributed by atoms with Crippen molar-refractivity contribution >= 4 is 29.6 Å². The zero-order valence-electron chi connectivity index (χ0n) is 15.9. The standard InChI is InChI=1S/C16H29N5O7/c1-8(2)5-10(16(27)28)20-15(26)11(7-22)21-14(25)9(3-4-12(18)23)19-13(24)6-17/h8-11,22H,3-7,17H2,1-2H3,(H2,18,23)(H,19,24)(H,20,26)(H,21,25)(H,27,28). The van der Waals surface area contributed by atoms with Crippen molar-refractivity contribution in [3.8, 4) is 0 Å².